The first-order chi connectivity index (χ1) is 18.7. The molecule has 10 heteroatoms. The van der Waals surface area contributed by atoms with Crippen molar-refractivity contribution in [1.29, 1.82) is 0 Å². The molecular formula is C29H39N5O5. The largest absolute Gasteiger partial charge is 0.370 e. The van der Waals surface area contributed by atoms with Crippen molar-refractivity contribution in [1.82, 2.24) is 10.6 Å². The fourth-order valence-corrected chi connectivity index (χ4v) is 4.22. The highest BCUT2D eigenvalue weighted by Gasteiger charge is 2.30. The van der Waals surface area contributed by atoms with Crippen LogP contribution in [0, 0.1) is 5.92 Å². The van der Waals surface area contributed by atoms with Gasteiger partial charge in [-0.15, -0.1) is 0 Å². The van der Waals surface area contributed by atoms with Crippen LogP contribution in [-0.4, -0.2) is 48.0 Å². The molecule has 0 aliphatic carbocycles. The molecule has 0 radical (unpaired) electrons. The fraction of sp³-hybridized carbons (Fsp3) is 0.414. The van der Waals surface area contributed by atoms with Gasteiger partial charge in [0.15, 0.2) is 5.78 Å². The van der Waals surface area contributed by atoms with Crippen molar-refractivity contribution >= 4 is 29.4 Å². The summed E-state index contributed by atoms with van der Waals surface area (Å²) in [5, 5.41) is 5.32. The number of hydrogen-bond acceptors (Lipinski definition) is 6. The molecule has 0 saturated heterocycles. The Morgan fingerprint density at radius 1 is 0.744 bits per heavy atom. The van der Waals surface area contributed by atoms with E-state index in [2.05, 4.69) is 10.6 Å². The van der Waals surface area contributed by atoms with Crippen molar-refractivity contribution < 1.29 is 24.0 Å². The van der Waals surface area contributed by atoms with E-state index in [1.165, 1.54) is 0 Å². The molecule has 0 saturated carbocycles. The molecule has 0 unspecified atom stereocenters. The number of carbonyl (C=O) groups is 5. The first kappa shape index (κ1) is 31.2. The molecule has 4 amide bonds. The highest BCUT2D eigenvalue weighted by molar-refractivity contribution is 5.95. The molecule has 210 valence electrons. The van der Waals surface area contributed by atoms with E-state index >= 15 is 0 Å². The number of hydrogen-bond donors (Lipinski definition) is 5. The molecule has 0 aliphatic rings. The lowest BCUT2D eigenvalue weighted by atomic mass is 9.90. The molecule has 2 rings (SSSR count). The lowest BCUT2D eigenvalue weighted by Gasteiger charge is -2.23. The number of ketones is 1. The monoisotopic (exact) mass is 537 g/mol. The molecule has 0 spiro atoms. The van der Waals surface area contributed by atoms with Gasteiger partial charge in [-0.25, -0.2) is 0 Å². The Labute approximate surface area is 229 Å². The van der Waals surface area contributed by atoms with Crippen LogP contribution in [0.25, 0.3) is 0 Å². The quantitative estimate of drug-likeness (QED) is 0.176. The van der Waals surface area contributed by atoms with Gasteiger partial charge in [0.25, 0.3) is 0 Å². The maximum Gasteiger partial charge on any atom is 0.240 e. The molecule has 2 aromatic carbocycles. The summed E-state index contributed by atoms with van der Waals surface area (Å²) in [5.41, 5.74) is 18.0. The van der Waals surface area contributed by atoms with Crippen molar-refractivity contribution in [2.24, 2.45) is 23.1 Å². The number of amides is 4. The average molecular weight is 538 g/mol. The highest BCUT2D eigenvalue weighted by Crippen LogP contribution is 2.17. The van der Waals surface area contributed by atoms with Crippen molar-refractivity contribution in [3.05, 3.63) is 71.8 Å². The molecule has 0 fully saturated rings. The number of primary amides is 2. The second kappa shape index (κ2) is 16.7. The minimum Gasteiger partial charge on any atom is -0.370 e. The Morgan fingerprint density at radius 2 is 1.36 bits per heavy atom. The summed E-state index contributed by atoms with van der Waals surface area (Å²) < 4.78 is 0. The normalized spacial score (nSPS) is 13.1. The molecule has 10 nitrogen and oxygen atoms in total. The van der Waals surface area contributed by atoms with Gasteiger partial charge < -0.3 is 27.8 Å². The minimum atomic E-state index is -1.28. The Bertz CT molecular complexity index is 1090. The molecule has 0 aromatic heterocycles. The predicted octanol–water partition coefficient (Wildman–Crippen LogP) is 0.897. The summed E-state index contributed by atoms with van der Waals surface area (Å²) in [6.07, 6.45) is 1.92. The van der Waals surface area contributed by atoms with E-state index in [1.54, 1.807) is 0 Å². The van der Waals surface area contributed by atoms with Gasteiger partial charge in [0.2, 0.25) is 23.6 Å². The van der Waals surface area contributed by atoms with E-state index in [0.29, 0.717) is 32.2 Å². The summed E-state index contributed by atoms with van der Waals surface area (Å²) in [7, 11) is 0. The van der Waals surface area contributed by atoms with Gasteiger partial charge in [-0.05, 0) is 43.4 Å². The van der Waals surface area contributed by atoms with Crippen LogP contribution in [0.3, 0.4) is 0 Å². The third kappa shape index (κ3) is 11.9. The van der Waals surface area contributed by atoms with E-state index < -0.39 is 42.1 Å². The summed E-state index contributed by atoms with van der Waals surface area (Å²) in [6, 6.07) is 16.7. The highest BCUT2D eigenvalue weighted by atomic mass is 16.2. The second-order valence-corrected chi connectivity index (χ2v) is 9.58. The SMILES string of the molecule is NCCCC[C@H](CC(=O)[C@H](Cc1ccccc1)NC(=O)CCc1ccccc1)C(=O)N[C@@H](CC(N)=O)C(N)=O. The maximum atomic E-state index is 13.5. The first-order valence-corrected chi connectivity index (χ1v) is 13.2. The van der Waals surface area contributed by atoms with Crippen LogP contribution in [0.5, 0.6) is 0 Å². The summed E-state index contributed by atoms with van der Waals surface area (Å²) in [4.78, 5) is 62.5. The number of nitrogens with one attached hydrogen (secondary N) is 2. The van der Waals surface area contributed by atoms with Gasteiger partial charge in [-0.3, -0.25) is 24.0 Å². The average Bonchev–Trinajstić information content (AvgIpc) is 2.91. The number of aryl methyl sites for hydroxylation is 1. The number of carbonyl (C=O) groups excluding carboxylic acids is 5. The summed E-state index contributed by atoms with van der Waals surface area (Å²) in [5.74, 6) is -3.67. The Kier molecular flexibility index (Phi) is 13.4. The Balaban J connectivity index is 2.16. The predicted molar refractivity (Wildman–Crippen MR) is 148 cm³/mol. The van der Waals surface area contributed by atoms with E-state index in [9.17, 15) is 24.0 Å². The maximum absolute atomic E-state index is 13.5. The van der Waals surface area contributed by atoms with Gasteiger partial charge >= 0.3 is 0 Å². The standard InChI is InChI=1S/C29H39N5O5/c30-16-8-7-13-22(29(39)34-24(28(32)38)19-26(31)36)18-25(35)23(17-21-11-5-2-6-12-21)33-27(37)15-14-20-9-3-1-4-10-20/h1-6,9-12,22-24H,7-8,13-19,30H2,(H2,31,36)(H2,32,38)(H,33,37)(H,34,39)/t22-,23+,24+/m1/s1. The van der Waals surface area contributed by atoms with E-state index in [4.69, 9.17) is 17.2 Å². The molecule has 39 heavy (non-hydrogen) atoms. The van der Waals surface area contributed by atoms with Crippen molar-refractivity contribution in [3.63, 3.8) is 0 Å². The van der Waals surface area contributed by atoms with Gasteiger partial charge in [0, 0.05) is 18.8 Å². The van der Waals surface area contributed by atoms with Gasteiger partial charge in [0.1, 0.15) is 6.04 Å². The fourth-order valence-electron chi connectivity index (χ4n) is 4.22. The molecule has 2 aromatic rings. The number of benzene rings is 2. The van der Waals surface area contributed by atoms with Crippen LogP contribution in [0.2, 0.25) is 0 Å². The third-order valence-electron chi connectivity index (χ3n) is 6.38. The van der Waals surface area contributed by atoms with Crippen LogP contribution in [0.4, 0.5) is 0 Å². The van der Waals surface area contributed by atoms with Crippen molar-refractivity contribution in [2.75, 3.05) is 6.54 Å². The zero-order valence-electron chi connectivity index (χ0n) is 22.1. The number of Topliss-reactive ketones (excluding diaryl/α,β-unsaturated/α-hetero) is 1. The third-order valence-corrected chi connectivity index (χ3v) is 6.38. The van der Waals surface area contributed by atoms with Crippen LogP contribution in [-0.2, 0) is 36.8 Å². The zero-order valence-corrected chi connectivity index (χ0v) is 22.1. The lowest BCUT2D eigenvalue weighted by Crippen LogP contribution is -2.49. The summed E-state index contributed by atoms with van der Waals surface area (Å²) in [6.45, 7) is 0.419. The van der Waals surface area contributed by atoms with Gasteiger partial charge in [-0.1, -0.05) is 67.1 Å². The van der Waals surface area contributed by atoms with Crippen LogP contribution in [0.15, 0.2) is 60.7 Å². The number of unbranched alkanes of at least 4 members (excludes halogenated alkanes) is 1. The van der Waals surface area contributed by atoms with E-state index in [-0.39, 0.29) is 31.0 Å². The number of rotatable bonds is 18. The second-order valence-electron chi connectivity index (χ2n) is 9.58. The van der Waals surface area contributed by atoms with Crippen molar-refractivity contribution in [3.8, 4) is 0 Å². The zero-order chi connectivity index (χ0) is 28.6. The molecule has 8 N–H and O–H groups in total. The molecule has 3 atom stereocenters. The molecule has 0 bridgehead atoms. The first-order valence-electron chi connectivity index (χ1n) is 13.2. The molecule has 0 heterocycles. The van der Waals surface area contributed by atoms with E-state index in [1.807, 2.05) is 60.7 Å². The Hall–Kier alpha value is -4.05. The van der Waals surface area contributed by atoms with Crippen molar-refractivity contribution in [2.45, 2.75) is 63.5 Å². The van der Waals surface area contributed by atoms with Crippen LogP contribution >= 0.6 is 0 Å². The van der Waals surface area contributed by atoms with Crippen LogP contribution in [0.1, 0.15) is 49.7 Å². The lowest BCUT2D eigenvalue weighted by molar-refractivity contribution is -0.134. The van der Waals surface area contributed by atoms with Gasteiger partial charge in [-0.2, -0.15) is 0 Å². The van der Waals surface area contributed by atoms with Crippen LogP contribution < -0.4 is 27.8 Å². The molecular weight excluding hydrogens is 498 g/mol. The topological polar surface area (TPSA) is 187 Å². The summed E-state index contributed by atoms with van der Waals surface area (Å²) >= 11 is 0. The Morgan fingerprint density at radius 3 is 1.92 bits per heavy atom. The minimum absolute atomic E-state index is 0.172. The number of nitrogens with two attached hydrogens (primary N) is 3. The van der Waals surface area contributed by atoms with Gasteiger partial charge in [0.05, 0.1) is 12.5 Å². The van der Waals surface area contributed by atoms with E-state index in [0.717, 1.165) is 11.1 Å². The smallest absolute Gasteiger partial charge is 0.240 e. The molecule has 0 aliphatic heterocycles.